The first-order valence-electron chi connectivity index (χ1n) is 8.49. The van der Waals surface area contributed by atoms with Crippen LogP contribution in [-0.2, 0) is 11.2 Å². The smallest absolute Gasteiger partial charge is 0.308 e. The van der Waals surface area contributed by atoms with Crippen molar-refractivity contribution in [2.75, 3.05) is 0 Å². The van der Waals surface area contributed by atoms with E-state index < -0.39 is 17.4 Å². The second kappa shape index (κ2) is 6.79. The number of hydrogen-bond acceptors (Lipinski definition) is 3. The summed E-state index contributed by atoms with van der Waals surface area (Å²) in [4.78, 5) is 39.2. The summed E-state index contributed by atoms with van der Waals surface area (Å²) >= 11 is 0. The van der Waals surface area contributed by atoms with Crippen LogP contribution in [0.25, 0.3) is 0 Å². The highest BCUT2D eigenvalue weighted by Gasteiger charge is 2.42. The fourth-order valence-corrected chi connectivity index (χ4v) is 3.90. The lowest BCUT2D eigenvalue weighted by molar-refractivity contribution is -0.145. The van der Waals surface area contributed by atoms with Gasteiger partial charge in [0.1, 0.15) is 5.69 Å². The molecular formula is C18H26N2O4. The van der Waals surface area contributed by atoms with E-state index in [-0.39, 0.29) is 11.7 Å². The molecule has 0 saturated heterocycles. The van der Waals surface area contributed by atoms with Crippen molar-refractivity contribution in [3.8, 4) is 0 Å². The molecule has 2 unspecified atom stereocenters. The van der Waals surface area contributed by atoms with E-state index in [4.69, 9.17) is 0 Å². The number of aromatic nitrogens is 1. The number of H-pyrrole nitrogens is 1. The predicted molar refractivity (Wildman–Crippen MR) is 90.4 cm³/mol. The number of rotatable bonds is 5. The number of carbonyl (C=O) groups excluding carboxylic acids is 2. The Kier molecular flexibility index (Phi) is 5.16. The third kappa shape index (κ3) is 3.23. The molecule has 6 nitrogen and oxygen atoms in total. The van der Waals surface area contributed by atoms with E-state index in [1.54, 1.807) is 13.8 Å². The van der Waals surface area contributed by atoms with Gasteiger partial charge >= 0.3 is 5.97 Å². The number of Topliss-reactive ketones (excluding diaryl/α,β-unsaturated/α-hetero) is 1. The van der Waals surface area contributed by atoms with Crippen molar-refractivity contribution >= 4 is 17.7 Å². The lowest BCUT2D eigenvalue weighted by Crippen LogP contribution is -2.55. The minimum Gasteiger partial charge on any atom is -0.481 e. The summed E-state index contributed by atoms with van der Waals surface area (Å²) in [6, 6.07) is 0. The normalized spacial score (nSPS) is 23.8. The Morgan fingerprint density at radius 3 is 2.54 bits per heavy atom. The highest BCUT2D eigenvalue weighted by Crippen LogP contribution is 2.34. The van der Waals surface area contributed by atoms with Crippen LogP contribution < -0.4 is 5.32 Å². The number of aromatic amines is 1. The molecular weight excluding hydrogens is 308 g/mol. The minimum absolute atomic E-state index is 0.0769. The molecule has 1 aliphatic carbocycles. The quantitative estimate of drug-likeness (QED) is 0.721. The van der Waals surface area contributed by atoms with Crippen LogP contribution in [0.1, 0.15) is 78.6 Å². The number of ketones is 1. The molecule has 0 radical (unpaired) electrons. The second-order valence-corrected chi connectivity index (χ2v) is 6.90. The molecule has 1 heterocycles. The first-order valence-corrected chi connectivity index (χ1v) is 8.49. The van der Waals surface area contributed by atoms with Crippen molar-refractivity contribution in [1.82, 2.24) is 10.3 Å². The van der Waals surface area contributed by atoms with Gasteiger partial charge in [-0.3, -0.25) is 14.4 Å². The monoisotopic (exact) mass is 334 g/mol. The zero-order chi connectivity index (χ0) is 18.1. The highest BCUT2D eigenvalue weighted by atomic mass is 16.4. The van der Waals surface area contributed by atoms with Crippen LogP contribution in [0.3, 0.4) is 0 Å². The van der Waals surface area contributed by atoms with Crippen molar-refractivity contribution in [2.24, 2.45) is 5.92 Å². The largest absolute Gasteiger partial charge is 0.481 e. The number of aliphatic carboxylic acids is 1. The second-order valence-electron chi connectivity index (χ2n) is 6.90. The molecule has 1 amide bonds. The predicted octanol–water partition coefficient (Wildman–Crippen LogP) is 2.85. The SMILES string of the molecule is CCc1c(C(=O)NC2(C)CCCCC2C(=O)O)[nH]c(C)c1C(C)=O. The molecule has 132 valence electrons. The van der Waals surface area contributed by atoms with Gasteiger partial charge in [0.25, 0.3) is 5.91 Å². The Hall–Kier alpha value is -2.11. The van der Waals surface area contributed by atoms with Gasteiger partial charge in [0.2, 0.25) is 0 Å². The summed E-state index contributed by atoms with van der Waals surface area (Å²) in [7, 11) is 0. The van der Waals surface area contributed by atoms with Gasteiger partial charge in [0.05, 0.1) is 11.5 Å². The summed E-state index contributed by atoms with van der Waals surface area (Å²) in [5.41, 5.74) is 1.53. The molecule has 0 aliphatic heterocycles. The third-order valence-corrected chi connectivity index (χ3v) is 5.13. The summed E-state index contributed by atoms with van der Waals surface area (Å²) in [6.45, 7) is 6.96. The number of amides is 1. The Bertz CT molecular complexity index is 677. The Morgan fingerprint density at radius 2 is 2.00 bits per heavy atom. The van der Waals surface area contributed by atoms with E-state index in [1.807, 2.05) is 6.92 Å². The zero-order valence-corrected chi connectivity index (χ0v) is 14.8. The minimum atomic E-state index is -0.875. The number of carbonyl (C=O) groups is 3. The van der Waals surface area contributed by atoms with Gasteiger partial charge in [0, 0.05) is 11.3 Å². The van der Waals surface area contributed by atoms with Crippen LogP contribution in [0.15, 0.2) is 0 Å². The van der Waals surface area contributed by atoms with Gasteiger partial charge in [-0.2, -0.15) is 0 Å². The van der Waals surface area contributed by atoms with E-state index in [9.17, 15) is 19.5 Å². The van der Waals surface area contributed by atoms with Crippen LogP contribution in [0.2, 0.25) is 0 Å². The first-order chi connectivity index (χ1) is 11.2. The van der Waals surface area contributed by atoms with E-state index >= 15 is 0 Å². The van der Waals surface area contributed by atoms with E-state index in [0.717, 1.165) is 12.8 Å². The van der Waals surface area contributed by atoms with Crippen molar-refractivity contribution in [2.45, 2.75) is 65.3 Å². The first kappa shape index (κ1) is 18.2. The molecule has 1 fully saturated rings. The topological polar surface area (TPSA) is 99.3 Å². The summed E-state index contributed by atoms with van der Waals surface area (Å²) in [5, 5.41) is 12.4. The maximum absolute atomic E-state index is 12.8. The standard InChI is InChI=1S/C18H26N2O4/c1-5-12-14(11(3)21)10(2)19-15(12)16(22)20-18(4)9-7-6-8-13(18)17(23)24/h13,19H,5-9H2,1-4H3,(H,20,22)(H,23,24). The molecule has 2 rings (SSSR count). The fraction of sp³-hybridized carbons (Fsp3) is 0.611. The van der Waals surface area contributed by atoms with Gasteiger partial charge in [-0.15, -0.1) is 0 Å². The molecule has 0 bridgehead atoms. The van der Waals surface area contributed by atoms with Crippen LogP contribution in [0, 0.1) is 12.8 Å². The molecule has 24 heavy (non-hydrogen) atoms. The van der Waals surface area contributed by atoms with Gasteiger partial charge in [-0.05, 0) is 45.6 Å². The van der Waals surface area contributed by atoms with Crippen molar-refractivity contribution < 1.29 is 19.5 Å². The van der Waals surface area contributed by atoms with Crippen LogP contribution >= 0.6 is 0 Å². The van der Waals surface area contributed by atoms with Gasteiger partial charge in [0.15, 0.2) is 5.78 Å². The maximum atomic E-state index is 12.8. The average molecular weight is 334 g/mol. The van der Waals surface area contributed by atoms with Gasteiger partial charge in [-0.1, -0.05) is 19.8 Å². The average Bonchev–Trinajstić information content (AvgIpc) is 2.83. The van der Waals surface area contributed by atoms with Gasteiger partial charge in [-0.25, -0.2) is 0 Å². The Balaban J connectivity index is 2.34. The molecule has 0 spiro atoms. The molecule has 3 N–H and O–H groups in total. The molecule has 6 heteroatoms. The van der Waals surface area contributed by atoms with Gasteiger partial charge < -0.3 is 15.4 Å². The molecule has 0 aromatic carbocycles. The highest BCUT2D eigenvalue weighted by molar-refractivity contribution is 6.03. The van der Waals surface area contributed by atoms with Crippen LogP contribution in [0.5, 0.6) is 0 Å². The lowest BCUT2D eigenvalue weighted by Gasteiger charge is -2.39. The molecule has 1 aromatic rings. The number of nitrogens with one attached hydrogen (secondary N) is 2. The molecule has 1 saturated carbocycles. The lowest BCUT2D eigenvalue weighted by atomic mass is 9.74. The fourth-order valence-electron chi connectivity index (χ4n) is 3.90. The van der Waals surface area contributed by atoms with E-state index in [0.29, 0.717) is 41.8 Å². The zero-order valence-electron chi connectivity index (χ0n) is 14.8. The number of hydrogen-bond donors (Lipinski definition) is 3. The molecule has 1 aromatic heterocycles. The van der Waals surface area contributed by atoms with E-state index in [2.05, 4.69) is 10.3 Å². The molecule has 2 atom stereocenters. The summed E-state index contributed by atoms with van der Waals surface area (Å²) in [6.07, 6.45) is 3.51. The van der Waals surface area contributed by atoms with E-state index in [1.165, 1.54) is 6.92 Å². The summed E-state index contributed by atoms with van der Waals surface area (Å²) in [5.74, 6) is -1.88. The van der Waals surface area contributed by atoms with Crippen LogP contribution in [0.4, 0.5) is 0 Å². The Morgan fingerprint density at radius 1 is 1.33 bits per heavy atom. The third-order valence-electron chi connectivity index (χ3n) is 5.13. The van der Waals surface area contributed by atoms with Crippen molar-refractivity contribution in [1.29, 1.82) is 0 Å². The summed E-state index contributed by atoms with van der Waals surface area (Å²) < 4.78 is 0. The van der Waals surface area contributed by atoms with Crippen LogP contribution in [-0.4, -0.2) is 33.3 Å². The molecule has 1 aliphatic rings. The maximum Gasteiger partial charge on any atom is 0.308 e. The number of carboxylic acids is 1. The van der Waals surface area contributed by atoms with Crippen molar-refractivity contribution in [3.05, 3.63) is 22.5 Å². The Labute approximate surface area is 142 Å². The number of aryl methyl sites for hydroxylation is 1. The number of carboxylic acid groups (broad SMARTS) is 1. The van der Waals surface area contributed by atoms with Crippen molar-refractivity contribution in [3.63, 3.8) is 0 Å².